The number of nitrogens with zero attached hydrogens (tertiary/aromatic N) is 3. The van der Waals surface area contributed by atoms with Crippen LogP contribution in [0, 0.1) is 26.2 Å². The lowest BCUT2D eigenvalue weighted by Crippen LogP contribution is -2.24. The first-order valence-electron chi connectivity index (χ1n) is 5.84. The Morgan fingerprint density at radius 3 is 2.95 bits per heavy atom. The summed E-state index contributed by atoms with van der Waals surface area (Å²) in [6.45, 7) is 3.97. The molecule has 1 aromatic heterocycles. The molecule has 2 rings (SSSR count). The van der Waals surface area contributed by atoms with Gasteiger partial charge in [-0.25, -0.2) is 4.68 Å². The standard InChI is InChI=1S/C14H14N4O/c1-4-8-15-14(19)13-11(3)18(17-16-13)12-7-5-6-10(2)9-12/h1,5-7,9H,8H2,2-3H3,(H,15,19). The van der Waals surface area contributed by atoms with E-state index in [1.165, 1.54) is 0 Å². The van der Waals surface area contributed by atoms with Crippen molar-refractivity contribution >= 4 is 5.91 Å². The fourth-order valence-electron chi connectivity index (χ4n) is 1.76. The summed E-state index contributed by atoms with van der Waals surface area (Å²) in [5.41, 5.74) is 2.96. The maximum Gasteiger partial charge on any atom is 0.274 e. The van der Waals surface area contributed by atoms with Crippen LogP contribution in [0.15, 0.2) is 24.3 Å². The highest BCUT2D eigenvalue weighted by molar-refractivity contribution is 5.93. The monoisotopic (exact) mass is 254 g/mol. The second kappa shape index (κ2) is 5.36. The molecule has 1 N–H and O–H groups in total. The number of hydrogen-bond acceptors (Lipinski definition) is 3. The number of carbonyl (C=O) groups excluding carboxylic acids is 1. The highest BCUT2D eigenvalue weighted by Gasteiger charge is 2.16. The van der Waals surface area contributed by atoms with Crippen molar-refractivity contribution in [3.8, 4) is 18.0 Å². The molecule has 0 aliphatic rings. The largest absolute Gasteiger partial charge is 0.340 e. The third kappa shape index (κ3) is 2.63. The first kappa shape index (κ1) is 12.8. The van der Waals surface area contributed by atoms with Gasteiger partial charge in [-0.2, -0.15) is 0 Å². The molecule has 19 heavy (non-hydrogen) atoms. The summed E-state index contributed by atoms with van der Waals surface area (Å²) in [4.78, 5) is 11.8. The van der Waals surface area contributed by atoms with Gasteiger partial charge >= 0.3 is 0 Å². The Labute approximate surface area is 111 Å². The minimum Gasteiger partial charge on any atom is -0.340 e. The lowest BCUT2D eigenvalue weighted by Gasteiger charge is -2.04. The molecule has 2 aromatic rings. The van der Waals surface area contributed by atoms with E-state index in [0.717, 1.165) is 11.3 Å². The molecule has 0 fully saturated rings. The van der Waals surface area contributed by atoms with Crippen LogP contribution in [0.25, 0.3) is 5.69 Å². The summed E-state index contributed by atoms with van der Waals surface area (Å²) in [6.07, 6.45) is 5.10. The van der Waals surface area contributed by atoms with E-state index in [2.05, 4.69) is 21.5 Å². The molecule has 1 aromatic carbocycles. The Balaban J connectivity index is 2.33. The number of aryl methyl sites for hydroxylation is 1. The van der Waals surface area contributed by atoms with Crippen molar-refractivity contribution in [2.24, 2.45) is 0 Å². The van der Waals surface area contributed by atoms with Gasteiger partial charge in [-0.1, -0.05) is 23.3 Å². The normalized spacial score (nSPS) is 9.95. The van der Waals surface area contributed by atoms with E-state index in [4.69, 9.17) is 6.42 Å². The molecule has 0 spiro atoms. The van der Waals surface area contributed by atoms with Gasteiger partial charge in [0, 0.05) is 0 Å². The zero-order valence-electron chi connectivity index (χ0n) is 10.8. The van der Waals surface area contributed by atoms with Crippen LogP contribution < -0.4 is 5.32 Å². The minimum absolute atomic E-state index is 0.176. The molecule has 0 saturated heterocycles. The van der Waals surface area contributed by atoms with Crippen LogP contribution in [0.1, 0.15) is 21.7 Å². The van der Waals surface area contributed by atoms with Crippen LogP contribution in [0.4, 0.5) is 0 Å². The summed E-state index contributed by atoms with van der Waals surface area (Å²) in [5.74, 6) is 2.04. The van der Waals surface area contributed by atoms with Gasteiger partial charge in [0.25, 0.3) is 5.91 Å². The molecule has 1 heterocycles. The van der Waals surface area contributed by atoms with E-state index in [9.17, 15) is 4.79 Å². The molecule has 96 valence electrons. The topological polar surface area (TPSA) is 59.8 Å². The number of carbonyl (C=O) groups is 1. The van der Waals surface area contributed by atoms with E-state index >= 15 is 0 Å². The Hall–Kier alpha value is -2.61. The summed E-state index contributed by atoms with van der Waals surface area (Å²) >= 11 is 0. The van der Waals surface area contributed by atoms with Gasteiger partial charge < -0.3 is 5.32 Å². The fourth-order valence-corrected chi connectivity index (χ4v) is 1.76. The van der Waals surface area contributed by atoms with E-state index in [1.807, 2.05) is 31.2 Å². The van der Waals surface area contributed by atoms with Gasteiger partial charge in [0.1, 0.15) is 0 Å². The maximum atomic E-state index is 11.8. The smallest absolute Gasteiger partial charge is 0.274 e. The number of aromatic nitrogens is 3. The van der Waals surface area contributed by atoms with E-state index in [-0.39, 0.29) is 18.1 Å². The van der Waals surface area contributed by atoms with Crippen molar-refractivity contribution in [2.75, 3.05) is 6.54 Å². The average Bonchev–Trinajstić information content (AvgIpc) is 2.78. The maximum absolute atomic E-state index is 11.8. The van der Waals surface area contributed by atoms with Crippen LogP contribution in [0.3, 0.4) is 0 Å². The van der Waals surface area contributed by atoms with Gasteiger partial charge in [0.15, 0.2) is 5.69 Å². The van der Waals surface area contributed by atoms with Crippen molar-refractivity contribution in [3.05, 3.63) is 41.2 Å². The second-order valence-electron chi connectivity index (χ2n) is 4.16. The van der Waals surface area contributed by atoms with E-state index in [1.54, 1.807) is 11.6 Å². The lowest BCUT2D eigenvalue weighted by molar-refractivity contribution is 0.0953. The minimum atomic E-state index is -0.311. The Kier molecular flexibility index (Phi) is 3.62. The van der Waals surface area contributed by atoms with Gasteiger partial charge in [-0.3, -0.25) is 4.79 Å². The van der Waals surface area contributed by atoms with Crippen molar-refractivity contribution in [1.29, 1.82) is 0 Å². The highest BCUT2D eigenvalue weighted by atomic mass is 16.2. The predicted molar refractivity (Wildman–Crippen MR) is 72.0 cm³/mol. The highest BCUT2D eigenvalue weighted by Crippen LogP contribution is 2.13. The van der Waals surface area contributed by atoms with Crippen LogP contribution in [-0.2, 0) is 0 Å². The molecular formula is C14H14N4O. The van der Waals surface area contributed by atoms with E-state index < -0.39 is 0 Å². The summed E-state index contributed by atoms with van der Waals surface area (Å²) in [7, 11) is 0. The van der Waals surface area contributed by atoms with Crippen LogP contribution in [0.5, 0.6) is 0 Å². The average molecular weight is 254 g/mol. The van der Waals surface area contributed by atoms with Gasteiger partial charge in [0.2, 0.25) is 0 Å². The first-order chi connectivity index (χ1) is 9.13. The van der Waals surface area contributed by atoms with Crippen molar-refractivity contribution < 1.29 is 4.79 Å². The molecular weight excluding hydrogens is 240 g/mol. The molecule has 0 bridgehead atoms. The Morgan fingerprint density at radius 1 is 1.47 bits per heavy atom. The molecule has 5 nitrogen and oxygen atoms in total. The van der Waals surface area contributed by atoms with Gasteiger partial charge in [-0.05, 0) is 31.5 Å². The number of amides is 1. The molecule has 0 saturated carbocycles. The third-order valence-corrected chi connectivity index (χ3v) is 2.71. The summed E-state index contributed by atoms with van der Waals surface area (Å²) < 4.78 is 1.64. The SMILES string of the molecule is C#CCNC(=O)c1nnn(-c2cccc(C)c2)c1C. The fraction of sp³-hybridized carbons (Fsp3) is 0.214. The molecule has 0 radical (unpaired) electrons. The van der Waals surface area contributed by atoms with E-state index in [0.29, 0.717) is 5.69 Å². The molecule has 0 aliphatic heterocycles. The predicted octanol–water partition coefficient (Wildman–Crippen LogP) is 1.25. The number of benzene rings is 1. The van der Waals surface area contributed by atoms with Crippen LogP contribution >= 0.6 is 0 Å². The molecule has 0 aliphatic carbocycles. The quantitative estimate of drug-likeness (QED) is 0.838. The summed E-state index contributed by atoms with van der Waals surface area (Å²) in [6, 6.07) is 7.82. The number of rotatable bonds is 3. The van der Waals surface area contributed by atoms with Crippen molar-refractivity contribution in [1.82, 2.24) is 20.3 Å². The zero-order chi connectivity index (χ0) is 13.8. The van der Waals surface area contributed by atoms with Gasteiger partial charge in [0.05, 0.1) is 17.9 Å². The molecule has 1 amide bonds. The number of hydrogen-bond donors (Lipinski definition) is 1. The third-order valence-electron chi connectivity index (χ3n) is 2.71. The lowest BCUT2D eigenvalue weighted by atomic mass is 10.2. The molecule has 5 heteroatoms. The number of nitrogens with one attached hydrogen (secondary N) is 1. The summed E-state index contributed by atoms with van der Waals surface area (Å²) in [5, 5.41) is 10.5. The Morgan fingerprint density at radius 2 is 2.26 bits per heavy atom. The van der Waals surface area contributed by atoms with Crippen molar-refractivity contribution in [2.45, 2.75) is 13.8 Å². The van der Waals surface area contributed by atoms with Crippen LogP contribution in [0.2, 0.25) is 0 Å². The zero-order valence-corrected chi connectivity index (χ0v) is 10.8. The number of terminal acetylenes is 1. The van der Waals surface area contributed by atoms with Crippen LogP contribution in [-0.4, -0.2) is 27.4 Å². The second-order valence-corrected chi connectivity index (χ2v) is 4.16. The van der Waals surface area contributed by atoms with Crippen molar-refractivity contribution in [3.63, 3.8) is 0 Å². The van der Waals surface area contributed by atoms with Gasteiger partial charge in [-0.15, -0.1) is 11.5 Å². The molecule has 0 atom stereocenters. The molecule has 0 unspecified atom stereocenters. The first-order valence-corrected chi connectivity index (χ1v) is 5.84. The Bertz CT molecular complexity index is 652.